The van der Waals surface area contributed by atoms with E-state index in [1.54, 1.807) is 0 Å². The Morgan fingerprint density at radius 1 is 1.19 bits per heavy atom. The summed E-state index contributed by atoms with van der Waals surface area (Å²) in [4.78, 5) is 22.8. The third-order valence-corrected chi connectivity index (χ3v) is 2.29. The molecule has 0 aromatic heterocycles. The molecule has 2 amide bonds. The Kier molecular flexibility index (Phi) is 8.52. The van der Waals surface area contributed by atoms with Crippen molar-refractivity contribution >= 4 is 11.8 Å². The fraction of sp³-hybridized carbons (Fsp3) is 0.818. The number of hydrogen-bond donors (Lipinski definition) is 3. The predicted octanol–water partition coefficient (Wildman–Crippen LogP) is 0.00380. The number of amides is 2. The lowest BCUT2D eigenvalue weighted by Crippen LogP contribution is -2.41. The van der Waals surface area contributed by atoms with E-state index in [0.717, 1.165) is 19.3 Å². The Bertz CT molecular complexity index is 219. The molecule has 0 rings (SSSR count). The van der Waals surface area contributed by atoms with Crippen LogP contribution in [0.15, 0.2) is 0 Å². The van der Waals surface area contributed by atoms with Gasteiger partial charge in [0.1, 0.15) is 0 Å². The molecule has 0 radical (unpaired) electrons. The quantitative estimate of drug-likeness (QED) is 0.548. The first kappa shape index (κ1) is 14.9. The summed E-state index contributed by atoms with van der Waals surface area (Å²) < 4.78 is 0. The summed E-state index contributed by atoms with van der Waals surface area (Å²) in [6.07, 6.45) is 2.57. The molecule has 0 fully saturated rings. The van der Waals surface area contributed by atoms with Crippen LogP contribution in [0.1, 0.15) is 33.1 Å². The second kappa shape index (κ2) is 9.15. The second-order valence-corrected chi connectivity index (χ2v) is 3.79. The fourth-order valence-corrected chi connectivity index (χ4v) is 1.34. The number of rotatable bonds is 8. The molecule has 5 heteroatoms. The van der Waals surface area contributed by atoms with Gasteiger partial charge in [0.25, 0.3) is 0 Å². The third-order valence-electron chi connectivity index (χ3n) is 2.29. The van der Waals surface area contributed by atoms with Gasteiger partial charge in [0, 0.05) is 13.1 Å². The van der Waals surface area contributed by atoms with E-state index in [1.807, 2.05) is 13.8 Å². The van der Waals surface area contributed by atoms with Crippen LogP contribution in [-0.4, -0.2) is 31.4 Å². The topological polar surface area (TPSA) is 84.2 Å². The lowest BCUT2D eigenvalue weighted by Gasteiger charge is -2.13. The minimum atomic E-state index is -0.177. The molecule has 0 bridgehead atoms. The maximum absolute atomic E-state index is 11.6. The zero-order chi connectivity index (χ0) is 12.4. The van der Waals surface area contributed by atoms with E-state index in [0.29, 0.717) is 13.1 Å². The van der Waals surface area contributed by atoms with Gasteiger partial charge in [-0.2, -0.15) is 0 Å². The van der Waals surface area contributed by atoms with Crippen molar-refractivity contribution in [1.82, 2.24) is 10.6 Å². The van der Waals surface area contributed by atoms with E-state index in [1.165, 1.54) is 0 Å². The van der Waals surface area contributed by atoms with Crippen LogP contribution in [0.3, 0.4) is 0 Å². The summed E-state index contributed by atoms with van der Waals surface area (Å²) in [6.45, 7) is 4.99. The van der Waals surface area contributed by atoms with Crippen LogP contribution in [0.2, 0.25) is 0 Å². The van der Waals surface area contributed by atoms with Gasteiger partial charge in [0.05, 0.1) is 12.5 Å². The molecule has 0 aromatic carbocycles. The standard InChI is InChI=1S/C11H23N3O2/c1-3-5-9(7-12)11(16)14-8-10(15)13-6-4-2/h9H,3-8,12H2,1-2H3,(H,13,15)(H,14,16). The van der Waals surface area contributed by atoms with E-state index >= 15 is 0 Å². The second-order valence-electron chi connectivity index (χ2n) is 3.79. The van der Waals surface area contributed by atoms with Gasteiger partial charge in [-0.15, -0.1) is 0 Å². The van der Waals surface area contributed by atoms with Gasteiger partial charge >= 0.3 is 0 Å². The van der Waals surface area contributed by atoms with Crippen molar-refractivity contribution < 1.29 is 9.59 Å². The molecule has 0 spiro atoms. The molecular formula is C11H23N3O2. The van der Waals surface area contributed by atoms with Gasteiger partial charge in [-0.05, 0) is 12.8 Å². The highest BCUT2D eigenvalue weighted by Crippen LogP contribution is 2.03. The van der Waals surface area contributed by atoms with E-state index in [2.05, 4.69) is 10.6 Å². The van der Waals surface area contributed by atoms with Crippen LogP contribution in [0.4, 0.5) is 0 Å². The highest BCUT2D eigenvalue weighted by Gasteiger charge is 2.15. The first-order valence-electron chi connectivity index (χ1n) is 5.90. The number of nitrogens with two attached hydrogens (primary N) is 1. The van der Waals surface area contributed by atoms with Crippen LogP contribution in [0.25, 0.3) is 0 Å². The Morgan fingerprint density at radius 2 is 1.88 bits per heavy atom. The molecule has 0 heterocycles. The fourth-order valence-electron chi connectivity index (χ4n) is 1.34. The van der Waals surface area contributed by atoms with Gasteiger partial charge < -0.3 is 16.4 Å². The van der Waals surface area contributed by atoms with Crippen molar-refractivity contribution in [3.8, 4) is 0 Å². The minimum absolute atomic E-state index is 0.0407. The maximum atomic E-state index is 11.6. The smallest absolute Gasteiger partial charge is 0.239 e. The summed E-state index contributed by atoms with van der Waals surface area (Å²) in [5.74, 6) is -0.456. The molecule has 0 saturated heterocycles. The summed E-state index contributed by atoms with van der Waals surface area (Å²) in [6, 6.07) is 0. The predicted molar refractivity (Wildman–Crippen MR) is 63.8 cm³/mol. The molecule has 5 nitrogen and oxygen atoms in total. The average molecular weight is 229 g/mol. The van der Waals surface area contributed by atoms with Gasteiger partial charge in [-0.1, -0.05) is 20.3 Å². The monoisotopic (exact) mass is 229 g/mol. The number of carbonyl (C=O) groups excluding carboxylic acids is 2. The van der Waals surface area contributed by atoms with Crippen LogP contribution < -0.4 is 16.4 Å². The summed E-state index contributed by atoms with van der Waals surface area (Å²) in [7, 11) is 0. The van der Waals surface area contributed by atoms with Crippen molar-refractivity contribution in [3.05, 3.63) is 0 Å². The molecule has 1 atom stereocenters. The van der Waals surface area contributed by atoms with E-state index < -0.39 is 0 Å². The molecule has 94 valence electrons. The first-order valence-corrected chi connectivity index (χ1v) is 5.90. The van der Waals surface area contributed by atoms with Crippen LogP contribution in [0.5, 0.6) is 0 Å². The zero-order valence-corrected chi connectivity index (χ0v) is 10.2. The van der Waals surface area contributed by atoms with Gasteiger partial charge in [-0.3, -0.25) is 9.59 Å². The van der Waals surface area contributed by atoms with Gasteiger partial charge in [-0.25, -0.2) is 0 Å². The number of carbonyl (C=O) groups is 2. The Hall–Kier alpha value is -1.10. The SMILES string of the molecule is CCCNC(=O)CNC(=O)C(CN)CCC. The van der Waals surface area contributed by atoms with E-state index in [4.69, 9.17) is 5.73 Å². The molecular weight excluding hydrogens is 206 g/mol. The van der Waals surface area contributed by atoms with Gasteiger partial charge in [0.2, 0.25) is 11.8 Å². The van der Waals surface area contributed by atoms with Crippen molar-refractivity contribution in [3.63, 3.8) is 0 Å². The number of hydrogen-bond acceptors (Lipinski definition) is 3. The molecule has 1 unspecified atom stereocenters. The first-order chi connectivity index (χ1) is 7.65. The van der Waals surface area contributed by atoms with Gasteiger partial charge in [0.15, 0.2) is 0 Å². The highest BCUT2D eigenvalue weighted by molar-refractivity contribution is 5.85. The zero-order valence-electron chi connectivity index (χ0n) is 10.2. The third kappa shape index (κ3) is 6.40. The molecule has 16 heavy (non-hydrogen) atoms. The van der Waals surface area contributed by atoms with Crippen LogP contribution in [0, 0.1) is 5.92 Å². The van der Waals surface area contributed by atoms with Crippen LogP contribution in [-0.2, 0) is 9.59 Å². The van der Waals surface area contributed by atoms with Crippen molar-refractivity contribution in [1.29, 1.82) is 0 Å². The van der Waals surface area contributed by atoms with Crippen molar-refractivity contribution in [2.75, 3.05) is 19.6 Å². The molecule has 0 aliphatic rings. The lowest BCUT2D eigenvalue weighted by molar-refractivity contribution is -0.128. The van der Waals surface area contributed by atoms with Crippen molar-refractivity contribution in [2.24, 2.45) is 11.7 Å². The molecule has 0 aliphatic heterocycles. The Balaban J connectivity index is 3.81. The average Bonchev–Trinajstić information content (AvgIpc) is 2.30. The lowest BCUT2D eigenvalue weighted by atomic mass is 10.0. The molecule has 4 N–H and O–H groups in total. The van der Waals surface area contributed by atoms with E-state index in [-0.39, 0.29) is 24.3 Å². The Labute approximate surface area is 97.2 Å². The highest BCUT2D eigenvalue weighted by atomic mass is 16.2. The minimum Gasteiger partial charge on any atom is -0.355 e. The normalized spacial score (nSPS) is 11.9. The number of nitrogens with one attached hydrogen (secondary N) is 2. The largest absolute Gasteiger partial charge is 0.355 e. The molecule has 0 saturated carbocycles. The molecule has 0 aliphatic carbocycles. The maximum Gasteiger partial charge on any atom is 0.239 e. The summed E-state index contributed by atoms with van der Waals surface area (Å²) >= 11 is 0. The van der Waals surface area contributed by atoms with Crippen LogP contribution >= 0.6 is 0 Å². The summed E-state index contributed by atoms with van der Waals surface area (Å²) in [5.41, 5.74) is 5.48. The Morgan fingerprint density at radius 3 is 2.38 bits per heavy atom. The van der Waals surface area contributed by atoms with Crippen molar-refractivity contribution in [2.45, 2.75) is 33.1 Å². The molecule has 0 aromatic rings. The summed E-state index contributed by atoms with van der Waals surface area (Å²) in [5, 5.41) is 5.29. The van der Waals surface area contributed by atoms with E-state index in [9.17, 15) is 9.59 Å².